The summed E-state index contributed by atoms with van der Waals surface area (Å²) in [5.74, 6) is -0.199. The van der Waals surface area contributed by atoms with Crippen molar-refractivity contribution < 1.29 is 9.59 Å². The molecule has 0 aliphatic rings. The van der Waals surface area contributed by atoms with E-state index >= 15 is 0 Å². The molecule has 0 fully saturated rings. The summed E-state index contributed by atoms with van der Waals surface area (Å²) in [6, 6.07) is -0.453. The highest BCUT2D eigenvalue weighted by Crippen LogP contribution is 1.94. The zero-order valence-corrected chi connectivity index (χ0v) is 9.96. The van der Waals surface area contributed by atoms with Crippen LogP contribution in [0.3, 0.4) is 0 Å². The third-order valence-electron chi connectivity index (χ3n) is 2.16. The van der Waals surface area contributed by atoms with E-state index in [0.29, 0.717) is 13.1 Å². The number of carbonyl (C=O) groups excluding carboxylic acids is 2. The van der Waals surface area contributed by atoms with E-state index in [2.05, 4.69) is 10.6 Å². The maximum atomic E-state index is 11.7. The second-order valence-corrected chi connectivity index (χ2v) is 3.33. The van der Waals surface area contributed by atoms with E-state index in [4.69, 9.17) is 0 Å². The van der Waals surface area contributed by atoms with E-state index in [1.807, 2.05) is 13.8 Å². The summed E-state index contributed by atoms with van der Waals surface area (Å²) in [5.41, 5.74) is 0. The first kappa shape index (κ1) is 13.9. The molecule has 0 aromatic heterocycles. The molecule has 2 N–H and O–H groups in total. The molecule has 0 rings (SSSR count). The van der Waals surface area contributed by atoms with Crippen LogP contribution in [0.2, 0.25) is 0 Å². The zero-order valence-electron chi connectivity index (χ0n) is 9.96. The number of likely N-dealkylation sites (N-methyl/N-ethyl adjacent to an activating group) is 2. The summed E-state index contributed by atoms with van der Waals surface area (Å²) < 4.78 is 0. The minimum Gasteiger partial charge on any atom is -0.343 e. The van der Waals surface area contributed by atoms with Crippen molar-refractivity contribution in [2.45, 2.75) is 26.8 Å². The molecule has 0 saturated carbocycles. The van der Waals surface area contributed by atoms with Gasteiger partial charge >= 0.3 is 0 Å². The molecule has 88 valence electrons. The van der Waals surface area contributed by atoms with Gasteiger partial charge in [-0.05, 0) is 27.8 Å². The van der Waals surface area contributed by atoms with Gasteiger partial charge in [0.1, 0.15) is 6.04 Å². The van der Waals surface area contributed by atoms with Crippen LogP contribution in [0.5, 0.6) is 0 Å². The number of carbonyl (C=O) groups is 2. The summed E-state index contributed by atoms with van der Waals surface area (Å²) in [5, 5.41) is 5.37. The average Bonchev–Trinajstić information content (AvgIpc) is 2.19. The van der Waals surface area contributed by atoms with Gasteiger partial charge < -0.3 is 15.5 Å². The van der Waals surface area contributed by atoms with E-state index in [1.165, 1.54) is 0 Å². The average molecular weight is 215 g/mol. The Hall–Kier alpha value is -1.10. The first-order valence-electron chi connectivity index (χ1n) is 5.29. The predicted molar refractivity (Wildman–Crippen MR) is 59.5 cm³/mol. The van der Waals surface area contributed by atoms with Crippen molar-refractivity contribution >= 4 is 11.8 Å². The fourth-order valence-electron chi connectivity index (χ4n) is 1.32. The van der Waals surface area contributed by atoms with Crippen molar-refractivity contribution in [3.63, 3.8) is 0 Å². The van der Waals surface area contributed by atoms with Crippen LogP contribution in [0.4, 0.5) is 0 Å². The van der Waals surface area contributed by atoms with Crippen molar-refractivity contribution in [1.82, 2.24) is 15.5 Å². The molecule has 0 heterocycles. The van der Waals surface area contributed by atoms with Gasteiger partial charge in [0.05, 0.1) is 6.54 Å². The third kappa shape index (κ3) is 4.78. The summed E-state index contributed by atoms with van der Waals surface area (Å²) in [7, 11) is 1.69. The lowest BCUT2D eigenvalue weighted by molar-refractivity contribution is -0.135. The quantitative estimate of drug-likeness (QED) is 0.632. The lowest BCUT2D eigenvalue weighted by Crippen LogP contribution is -2.48. The van der Waals surface area contributed by atoms with E-state index in [9.17, 15) is 9.59 Å². The van der Waals surface area contributed by atoms with Crippen LogP contribution in [0.15, 0.2) is 0 Å². The molecule has 1 atom stereocenters. The van der Waals surface area contributed by atoms with Crippen LogP contribution in [0.25, 0.3) is 0 Å². The van der Waals surface area contributed by atoms with Gasteiger partial charge in [-0.2, -0.15) is 0 Å². The van der Waals surface area contributed by atoms with Crippen LogP contribution >= 0.6 is 0 Å². The molecule has 5 heteroatoms. The van der Waals surface area contributed by atoms with E-state index in [1.54, 1.807) is 18.9 Å². The third-order valence-corrected chi connectivity index (χ3v) is 2.16. The molecular formula is C10H21N3O2. The van der Waals surface area contributed by atoms with Crippen molar-refractivity contribution in [3.8, 4) is 0 Å². The molecule has 0 radical (unpaired) electrons. The Morgan fingerprint density at radius 3 is 2.20 bits per heavy atom. The second kappa shape index (κ2) is 7.23. The van der Waals surface area contributed by atoms with Gasteiger partial charge in [-0.15, -0.1) is 0 Å². The number of amides is 2. The molecule has 0 aromatic carbocycles. The van der Waals surface area contributed by atoms with Crippen LogP contribution in [-0.2, 0) is 9.59 Å². The molecule has 0 aliphatic heterocycles. The Balaban J connectivity index is 4.13. The van der Waals surface area contributed by atoms with Gasteiger partial charge in [-0.25, -0.2) is 0 Å². The maximum absolute atomic E-state index is 11.7. The molecular weight excluding hydrogens is 194 g/mol. The molecule has 1 unspecified atom stereocenters. The number of hydrogen-bond donors (Lipinski definition) is 2. The first-order chi connectivity index (χ1) is 7.06. The first-order valence-corrected chi connectivity index (χ1v) is 5.29. The number of rotatable bonds is 6. The fraction of sp³-hybridized carbons (Fsp3) is 0.800. The standard InChI is InChI=1S/C10H21N3O2/c1-5-13(6-2)10(15)8(3)12-9(14)7-11-4/h8,11H,5-7H2,1-4H3,(H,12,14). The topological polar surface area (TPSA) is 61.4 Å². The van der Waals surface area contributed by atoms with Gasteiger partial charge in [0.2, 0.25) is 11.8 Å². The molecule has 15 heavy (non-hydrogen) atoms. The lowest BCUT2D eigenvalue weighted by Gasteiger charge is -2.23. The van der Waals surface area contributed by atoms with Crippen molar-refractivity contribution in [2.24, 2.45) is 0 Å². The second-order valence-electron chi connectivity index (χ2n) is 3.33. The van der Waals surface area contributed by atoms with Gasteiger partial charge in [0.15, 0.2) is 0 Å². The van der Waals surface area contributed by atoms with Gasteiger partial charge in [0.25, 0.3) is 0 Å². The maximum Gasteiger partial charge on any atom is 0.244 e. The number of nitrogens with zero attached hydrogens (tertiary/aromatic N) is 1. The van der Waals surface area contributed by atoms with Crippen LogP contribution < -0.4 is 10.6 Å². The zero-order chi connectivity index (χ0) is 11.8. The Bertz CT molecular complexity index is 215. The molecule has 0 saturated heterocycles. The van der Waals surface area contributed by atoms with Gasteiger partial charge in [-0.1, -0.05) is 0 Å². The van der Waals surface area contributed by atoms with Gasteiger partial charge in [-0.3, -0.25) is 9.59 Å². The highest BCUT2D eigenvalue weighted by atomic mass is 16.2. The summed E-state index contributed by atoms with van der Waals surface area (Å²) in [6.07, 6.45) is 0. The normalized spacial score (nSPS) is 12.0. The number of nitrogens with one attached hydrogen (secondary N) is 2. The molecule has 2 amide bonds. The Morgan fingerprint density at radius 1 is 1.27 bits per heavy atom. The largest absolute Gasteiger partial charge is 0.343 e. The van der Waals surface area contributed by atoms with E-state index in [-0.39, 0.29) is 18.4 Å². The SMILES string of the molecule is CCN(CC)C(=O)C(C)NC(=O)CNC. The van der Waals surface area contributed by atoms with E-state index in [0.717, 1.165) is 0 Å². The van der Waals surface area contributed by atoms with Crippen LogP contribution in [0, 0.1) is 0 Å². The van der Waals surface area contributed by atoms with Crippen LogP contribution in [-0.4, -0.2) is 49.4 Å². The molecule has 0 spiro atoms. The smallest absolute Gasteiger partial charge is 0.244 e. The molecule has 0 aliphatic carbocycles. The highest BCUT2D eigenvalue weighted by molar-refractivity contribution is 5.87. The fourth-order valence-corrected chi connectivity index (χ4v) is 1.32. The Labute approximate surface area is 91.2 Å². The highest BCUT2D eigenvalue weighted by Gasteiger charge is 2.19. The van der Waals surface area contributed by atoms with Crippen LogP contribution in [0.1, 0.15) is 20.8 Å². The molecule has 0 aromatic rings. The van der Waals surface area contributed by atoms with Gasteiger partial charge in [0, 0.05) is 13.1 Å². The summed E-state index contributed by atoms with van der Waals surface area (Å²) in [6.45, 7) is 7.11. The van der Waals surface area contributed by atoms with Crippen molar-refractivity contribution in [2.75, 3.05) is 26.7 Å². The minimum absolute atomic E-state index is 0.0375. The minimum atomic E-state index is -0.453. The summed E-state index contributed by atoms with van der Waals surface area (Å²) in [4.78, 5) is 24.6. The van der Waals surface area contributed by atoms with Crippen molar-refractivity contribution in [3.05, 3.63) is 0 Å². The Kier molecular flexibility index (Phi) is 6.70. The lowest BCUT2D eigenvalue weighted by atomic mass is 10.2. The predicted octanol–water partition coefficient (Wildman–Crippen LogP) is -0.421. The Morgan fingerprint density at radius 2 is 1.80 bits per heavy atom. The van der Waals surface area contributed by atoms with E-state index < -0.39 is 6.04 Å². The number of hydrogen-bond acceptors (Lipinski definition) is 3. The summed E-state index contributed by atoms with van der Waals surface area (Å²) >= 11 is 0. The monoisotopic (exact) mass is 215 g/mol. The molecule has 0 bridgehead atoms. The van der Waals surface area contributed by atoms with Crippen molar-refractivity contribution in [1.29, 1.82) is 0 Å². The molecule has 5 nitrogen and oxygen atoms in total.